The van der Waals surface area contributed by atoms with Crippen LogP contribution in [0.25, 0.3) is 0 Å². The van der Waals surface area contributed by atoms with Crippen LogP contribution in [-0.4, -0.2) is 35.1 Å². The largest absolute Gasteiger partial charge is 0.460 e. The normalized spacial score (nSPS) is 13.3. The first kappa shape index (κ1) is 19.4. The van der Waals surface area contributed by atoms with Crippen molar-refractivity contribution in [3.05, 3.63) is 0 Å². The Hall–Kier alpha value is -1.59. The molecule has 0 spiro atoms. The van der Waals surface area contributed by atoms with E-state index in [0.29, 0.717) is 6.42 Å². The van der Waals surface area contributed by atoms with Crippen LogP contribution in [0, 0.1) is 0 Å². The first-order valence-electron chi connectivity index (χ1n) is 7.08. The summed E-state index contributed by atoms with van der Waals surface area (Å²) in [6.07, 6.45) is -0.668. The Morgan fingerprint density at radius 3 is 1.81 bits per heavy atom. The third-order valence-electron chi connectivity index (χ3n) is 2.23. The molecule has 0 saturated carbocycles. The number of hydrogen-bond acceptors (Lipinski definition) is 5. The number of alkyl carbamates (subject to hydrolysis) is 1. The molecule has 0 radical (unpaired) electrons. The Balaban J connectivity index is 4.50. The fourth-order valence-corrected chi connectivity index (χ4v) is 1.50. The summed E-state index contributed by atoms with van der Waals surface area (Å²) in [5.74, 6) is -0.991. The van der Waals surface area contributed by atoms with Crippen molar-refractivity contribution in [2.45, 2.75) is 78.6 Å². The van der Waals surface area contributed by atoms with Gasteiger partial charge in [0, 0.05) is 0 Å². The van der Waals surface area contributed by atoms with Crippen LogP contribution in [0.1, 0.15) is 61.3 Å². The number of ketones is 1. The Labute approximate surface area is 126 Å². The van der Waals surface area contributed by atoms with Gasteiger partial charge in [-0.2, -0.15) is 0 Å². The van der Waals surface area contributed by atoms with Gasteiger partial charge < -0.3 is 14.8 Å². The minimum atomic E-state index is -0.757. The zero-order valence-corrected chi connectivity index (χ0v) is 14.0. The molecule has 6 nitrogen and oxygen atoms in total. The summed E-state index contributed by atoms with van der Waals surface area (Å²) >= 11 is 0. The molecule has 1 atom stereocenters. The molecule has 6 heteroatoms. The molecule has 21 heavy (non-hydrogen) atoms. The Kier molecular flexibility index (Phi) is 6.86. The topological polar surface area (TPSA) is 81.7 Å². The molecule has 0 bridgehead atoms. The molecule has 1 amide bonds. The fraction of sp³-hybridized carbons (Fsp3) is 0.800. The van der Waals surface area contributed by atoms with E-state index in [4.69, 9.17) is 9.47 Å². The van der Waals surface area contributed by atoms with E-state index in [1.165, 1.54) is 0 Å². The third kappa shape index (κ3) is 9.87. The first-order chi connectivity index (χ1) is 9.34. The van der Waals surface area contributed by atoms with Gasteiger partial charge in [0.1, 0.15) is 17.6 Å². The molecular formula is C15H27NO5. The number of amides is 1. The standard InChI is InChI=1S/C15H27NO5/c1-8-10(16-13(19)21-15(5,6)7)11(17)9-12(18)20-14(2,3)4/h10H,8-9H2,1-7H3,(H,16,19)/t10-/m1/s1. The van der Waals surface area contributed by atoms with Crippen molar-refractivity contribution in [3.63, 3.8) is 0 Å². The molecule has 0 rings (SSSR count). The van der Waals surface area contributed by atoms with E-state index in [0.717, 1.165) is 0 Å². The maximum absolute atomic E-state index is 12.0. The highest BCUT2D eigenvalue weighted by Gasteiger charge is 2.26. The van der Waals surface area contributed by atoms with Crippen LogP contribution >= 0.6 is 0 Å². The summed E-state index contributed by atoms with van der Waals surface area (Å²) in [7, 11) is 0. The van der Waals surface area contributed by atoms with Crippen LogP contribution in [0.2, 0.25) is 0 Å². The number of hydrogen-bond donors (Lipinski definition) is 1. The lowest BCUT2D eigenvalue weighted by atomic mass is 10.1. The Bertz CT molecular complexity index is 390. The second kappa shape index (κ2) is 7.43. The van der Waals surface area contributed by atoms with E-state index < -0.39 is 35.1 Å². The van der Waals surface area contributed by atoms with Crippen molar-refractivity contribution in [1.82, 2.24) is 5.32 Å². The van der Waals surface area contributed by atoms with Gasteiger partial charge in [-0.1, -0.05) is 6.92 Å². The van der Waals surface area contributed by atoms with Gasteiger partial charge in [0.15, 0.2) is 5.78 Å². The molecule has 1 N–H and O–H groups in total. The van der Waals surface area contributed by atoms with E-state index in [-0.39, 0.29) is 6.42 Å². The summed E-state index contributed by atoms with van der Waals surface area (Å²) in [4.78, 5) is 35.3. The van der Waals surface area contributed by atoms with Gasteiger partial charge in [0.25, 0.3) is 0 Å². The van der Waals surface area contributed by atoms with Crippen LogP contribution in [0.4, 0.5) is 4.79 Å². The molecule has 0 saturated heterocycles. The SMILES string of the molecule is CC[C@@H](NC(=O)OC(C)(C)C)C(=O)CC(=O)OC(C)(C)C. The number of rotatable bonds is 5. The molecular weight excluding hydrogens is 274 g/mol. The number of Topliss-reactive ketones (excluding diaryl/α,β-unsaturated/α-hetero) is 1. The molecule has 0 heterocycles. The quantitative estimate of drug-likeness (QED) is 0.623. The lowest BCUT2D eigenvalue weighted by Gasteiger charge is -2.23. The predicted octanol–water partition coefficient (Wildman–Crippen LogP) is 2.59. The van der Waals surface area contributed by atoms with Crippen molar-refractivity contribution in [1.29, 1.82) is 0 Å². The highest BCUT2D eigenvalue weighted by molar-refractivity contribution is 5.99. The summed E-state index contributed by atoms with van der Waals surface area (Å²) in [5, 5.41) is 2.47. The minimum Gasteiger partial charge on any atom is -0.460 e. The van der Waals surface area contributed by atoms with E-state index in [2.05, 4.69) is 5.32 Å². The van der Waals surface area contributed by atoms with Gasteiger partial charge in [-0.25, -0.2) is 4.79 Å². The van der Waals surface area contributed by atoms with Gasteiger partial charge in [-0.05, 0) is 48.0 Å². The van der Waals surface area contributed by atoms with E-state index in [1.807, 2.05) is 0 Å². The van der Waals surface area contributed by atoms with Crippen LogP contribution in [0.15, 0.2) is 0 Å². The predicted molar refractivity (Wildman–Crippen MR) is 78.9 cm³/mol. The van der Waals surface area contributed by atoms with Crippen LogP contribution in [0.5, 0.6) is 0 Å². The van der Waals surface area contributed by atoms with E-state index in [1.54, 1.807) is 48.5 Å². The number of carbonyl (C=O) groups excluding carboxylic acids is 3. The summed E-state index contributed by atoms with van der Waals surface area (Å²) in [6.45, 7) is 12.1. The molecule has 0 aliphatic heterocycles. The van der Waals surface area contributed by atoms with E-state index in [9.17, 15) is 14.4 Å². The number of ether oxygens (including phenoxy) is 2. The van der Waals surface area contributed by atoms with Crippen molar-refractivity contribution in [3.8, 4) is 0 Å². The van der Waals surface area contributed by atoms with Crippen molar-refractivity contribution in [2.24, 2.45) is 0 Å². The van der Waals surface area contributed by atoms with Crippen LogP contribution in [-0.2, 0) is 19.1 Å². The number of esters is 1. The summed E-state index contributed by atoms with van der Waals surface area (Å²) in [5.41, 5.74) is -1.28. The summed E-state index contributed by atoms with van der Waals surface area (Å²) in [6, 6.07) is -0.757. The number of carbonyl (C=O) groups is 3. The van der Waals surface area contributed by atoms with Gasteiger partial charge in [0.2, 0.25) is 0 Å². The lowest BCUT2D eigenvalue weighted by molar-refractivity contribution is -0.156. The fourth-order valence-electron chi connectivity index (χ4n) is 1.50. The highest BCUT2D eigenvalue weighted by Crippen LogP contribution is 2.10. The van der Waals surface area contributed by atoms with Crippen LogP contribution in [0.3, 0.4) is 0 Å². The van der Waals surface area contributed by atoms with Crippen molar-refractivity contribution < 1.29 is 23.9 Å². The average molecular weight is 301 g/mol. The molecule has 0 aromatic heterocycles. The van der Waals surface area contributed by atoms with E-state index >= 15 is 0 Å². The molecule has 0 aromatic carbocycles. The maximum atomic E-state index is 12.0. The zero-order valence-electron chi connectivity index (χ0n) is 14.0. The zero-order chi connectivity index (χ0) is 16.8. The smallest absolute Gasteiger partial charge is 0.408 e. The van der Waals surface area contributed by atoms with Gasteiger partial charge in [-0.15, -0.1) is 0 Å². The second-order valence-corrected chi connectivity index (χ2v) is 6.84. The first-order valence-corrected chi connectivity index (χ1v) is 7.08. The third-order valence-corrected chi connectivity index (χ3v) is 2.23. The molecule has 0 fully saturated rings. The monoisotopic (exact) mass is 301 g/mol. The van der Waals surface area contributed by atoms with Gasteiger partial charge in [-0.3, -0.25) is 9.59 Å². The highest BCUT2D eigenvalue weighted by atomic mass is 16.6. The van der Waals surface area contributed by atoms with Crippen LogP contribution < -0.4 is 5.32 Å². The van der Waals surface area contributed by atoms with Crippen molar-refractivity contribution >= 4 is 17.8 Å². The molecule has 0 aromatic rings. The Morgan fingerprint density at radius 2 is 1.43 bits per heavy atom. The summed E-state index contributed by atoms with van der Waals surface area (Å²) < 4.78 is 10.2. The van der Waals surface area contributed by atoms with Crippen molar-refractivity contribution in [2.75, 3.05) is 0 Å². The lowest BCUT2D eigenvalue weighted by Crippen LogP contribution is -2.44. The molecule has 0 aliphatic rings. The molecule has 122 valence electrons. The second-order valence-electron chi connectivity index (χ2n) is 6.84. The average Bonchev–Trinajstić information content (AvgIpc) is 2.19. The maximum Gasteiger partial charge on any atom is 0.408 e. The number of nitrogens with one attached hydrogen (secondary N) is 1. The van der Waals surface area contributed by atoms with Gasteiger partial charge in [0.05, 0.1) is 6.04 Å². The molecule has 0 unspecified atom stereocenters. The molecule has 0 aliphatic carbocycles. The van der Waals surface area contributed by atoms with Gasteiger partial charge >= 0.3 is 12.1 Å². The Morgan fingerprint density at radius 1 is 0.952 bits per heavy atom. The minimum absolute atomic E-state index is 0.369.